The van der Waals surface area contributed by atoms with E-state index in [1.807, 2.05) is 12.1 Å². The molecule has 1 fully saturated rings. The molecule has 0 aromatic heterocycles. The van der Waals surface area contributed by atoms with Crippen molar-refractivity contribution in [3.05, 3.63) is 39.9 Å². The summed E-state index contributed by atoms with van der Waals surface area (Å²) >= 11 is 0. The van der Waals surface area contributed by atoms with Gasteiger partial charge in [0.25, 0.3) is 5.69 Å². The van der Waals surface area contributed by atoms with Crippen molar-refractivity contribution in [3.8, 4) is 0 Å². The van der Waals surface area contributed by atoms with Crippen LogP contribution in [0.5, 0.6) is 0 Å². The Hall–Kier alpha value is -1.46. The van der Waals surface area contributed by atoms with Crippen LogP contribution in [0.2, 0.25) is 0 Å². The molecule has 0 amide bonds. The standard InChI is InChI=1S/C15H23N3O2/c1-17(12-13-6-9-16-10-7-13)11-8-14-4-2-3-5-15(14)18(19)20/h2-5,13,16H,6-12H2,1H3. The smallest absolute Gasteiger partial charge is 0.272 e. The number of benzene rings is 1. The predicted molar refractivity (Wildman–Crippen MR) is 79.9 cm³/mol. The third-order valence-electron chi connectivity index (χ3n) is 3.98. The fraction of sp³-hybridized carbons (Fsp3) is 0.600. The summed E-state index contributed by atoms with van der Waals surface area (Å²) < 4.78 is 0. The van der Waals surface area contributed by atoms with Crippen molar-refractivity contribution in [1.29, 1.82) is 0 Å². The average Bonchev–Trinajstić information content (AvgIpc) is 2.46. The van der Waals surface area contributed by atoms with Crippen molar-refractivity contribution in [2.75, 3.05) is 33.2 Å². The number of rotatable bonds is 6. The van der Waals surface area contributed by atoms with Crippen LogP contribution in [-0.4, -0.2) is 43.0 Å². The lowest BCUT2D eigenvalue weighted by Gasteiger charge is -2.27. The van der Waals surface area contributed by atoms with Gasteiger partial charge in [0.15, 0.2) is 0 Å². The van der Waals surface area contributed by atoms with Crippen molar-refractivity contribution in [2.24, 2.45) is 5.92 Å². The summed E-state index contributed by atoms with van der Waals surface area (Å²) in [5.41, 5.74) is 1.07. The summed E-state index contributed by atoms with van der Waals surface area (Å²) in [5.74, 6) is 0.756. The largest absolute Gasteiger partial charge is 0.317 e. The van der Waals surface area contributed by atoms with Crippen LogP contribution in [0.25, 0.3) is 0 Å². The molecular weight excluding hydrogens is 254 g/mol. The Morgan fingerprint density at radius 3 is 2.75 bits per heavy atom. The van der Waals surface area contributed by atoms with Crippen LogP contribution in [0.1, 0.15) is 18.4 Å². The van der Waals surface area contributed by atoms with Crippen LogP contribution in [0, 0.1) is 16.0 Å². The molecule has 110 valence electrons. The van der Waals surface area contributed by atoms with E-state index in [0.29, 0.717) is 0 Å². The van der Waals surface area contributed by atoms with Gasteiger partial charge >= 0.3 is 0 Å². The highest BCUT2D eigenvalue weighted by atomic mass is 16.6. The number of hydrogen-bond acceptors (Lipinski definition) is 4. The number of nitrogens with zero attached hydrogens (tertiary/aromatic N) is 2. The Morgan fingerprint density at radius 2 is 2.05 bits per heavy atom. The maximum absolute atomic E-state index is 11.0. The fourth-order valence-corrected chi connectivity index (χ4v) is 2.81. The molecule has 1 N–H and O–H groups in total. The minimum absolute atomic E-state index is 0.239. The van der Waals surface area contributed by atoms with Crippen LogP contribution in [-0.2, 0) is 6.42 Å². The van der Waals surface area contributed by atoms with E-state index >= 15 is 0 Å². The average molecular weight is 277 g/mol. The molecule has 0 bridgehead atoms. The van der Waals surface area contributed by atoms with E-state index in [1.54, 1.807) is 12.1 Å². The van der Waals surface area contributed by atoms with Gasteiger partial charge in [-0.1, -0.05) is 18.2 Å². The Morgan fingerprint density at radius 1 is 1.35 bits per heavy atom. The van der Waals surface area contributed by atoms with Crippen LogP contribution in [0.15, 0.2) is 24.3 Å². The molecule has 0 aliphatic carbocycles. The topological polar surface area (TPSA) is 58.4 Å². The van der Waals surface area contributed by atoms with Crippen molar-refractivity contribution in [1.82, 2.24) is 10.2 Å². The monoisotopic (exact) mass is 277 g/mol. The van der Waals surface area contributed by atoms with Gasteiger partial charge in [0.1, 0.15) is 0 Å². The van der Waals surface area contributed by atoms with E-state index in [0.717, 1.165) is 44.1 Å². The van der Waals surface area contributed by atoms with Crippen LogP contribution in [0.4, 0.5) is 5.69 Å². The second-order valence-corrected chi connectivity index (χ2v) is 5.59. The highest BCUT2D eigenvalue weighted by Gasteiger charge is 2.16. The van der Waals surface area contributed by atoms with Crippen LogP contribution < -0.4 is 5.32 Å². The number of hydrogen-bond donors (Lipinski definition) is 1. The molecule has 0 atom stereocenters. The zero-order chi connectivity index (χ0) is 14.4. The first-order valence-corrected chi connectivity index (χ1v) is 7.28. The third-order valence-corrected chi connectivity index (χ3v) is 3.98. The molecule has 0 unspecified atom stereocenters. The number of piperidine rings is 1. The lowest BCUT2D eigenvalue weighted by molar-refractivity contribution is -0.385. The second-order valence-electron chi connectivity index (χ2n) is 5.59. The number of para-hydroxylation sites is 1. The van der Waals surface area contributed by atoms with E-state index in [1.165, 1.54) is 12.8 Å². The van der Waals surface area contributed by atoms with Crippen LogP contribution in [0.3, 0.4) is 0 Å². The first kappa shape index (κ1) is 14.9. The Balaban J connectivity index is 1.83. The zero-order valence-corrected chi connectivity index (χ0v) is 12.0. The van der Waals surface area contributed by atoms with Gasteiger partial charge in [-0.25, -0.2) is 0 Å². The fourth-order valence-electron chi connectivity index (χ4n) is 2.81. The molecule has 5 heteroatoms. The molecule has 1 saturated heterocycles. The lowest BCUT2D eigenvalue weighted by Crippen LogP contribution is -2.35. The minimum atomic E-state index is -0.290. The van der Waals surface area contributed by atoms with Gasteiger partial charge in [-0.2, -0.15) is 0 Å². The van der Waals surface area contributed by atoms with E-state index in [-0.39, 0.29) is 10.6 Å². The maximum atomic E-state index is 11.0. The summed E-state index contributed by atoms with van der Waals surface area (Å²) in [7, 11) is 2.11. The van der Waals surface area contributed by atoms with Gasteiger partial charge in [0.05, 0.1) is 4.92 Å². The van der Waals surface area contributed by atoms with Gasteiger partial charge in [-0.3, -0.25) is 10.1 Å². The molecule has 1 heterocycles. The number of nitro benzene ring substituents is 1. The molecule has 0 spiro atoms. The molecule has 1 aliphatic heterocycles. The molecule has 1 aliphatic rings. The van der Waals surface area contributed by atoms with Crippen molar-refractivity contribution in [3.63, 3.8) is 0 Å². The maximum Gasteiger partial charge on any atom is 0.272 e. The summed E-state index contributed by atoms with van der Waals surface area (Å²) in [6, 6.07) is 7.04. The molecule has 1 aromatic rings. The number of nitrogens with one attached hydrogen (secondary N) is 1. The minimum Gasteiger partial charge on any atom is -0.317 e. The van der Waals surface area contributed by atoms with Crippen molar-refractivity contribution >= 4 is 5.69 Å². The highest BCUT2D eigenvalue weighted by molar-refractivity contribution is 5.39. The van der Waals surface area contributed by atoms with Gasteiger partial charge < -0.3 is 10.2 Å². The Kier molecular flexibility index (Phi) is 5.49. The van der Waals surface area contributed by atoms with E-state index < -0.39 is 0 Å². The molecule has 0 radical (unpaired) electrons. The first-order chi connectivity index (χ1) is 9.66. The first-order valence-electron chi connectivity index (χ1n) is 7.28. The summed E-state index contributed by atoms with van der Waals surface area (Å²) in [4.78, 5) is 13.0. The number of nitro groups is 1. The Bertz CT molecular complexity index is 444. The third kappa shape index (κ3) is 4.28. The van der Waals surface area contributed by atoms with E-state index in [2.05, 4.69) is 17.3 Å². The van der Waals surface area contributed by atoms with Gasteiger partial charge in [0.2, 0.25) is 0 Å². The van der Waals surface area contributed by atoms with Crippen molar-refractivity contribution < 1.29 is 4.92 Å². The molecule has 1 aromatic carbocycles. The van der Waals surface area contributed by atoms with Crippen LogP contribution >= 0.6 is 0 Å². The quantitative estimate of drug-likeness (QED) is 0.639. The zero-order valence-electron chi connectivity index (χ0n) is 12.0. The lowest BCUT2D eigenvalue weighted by atomic mass is 9.97. The van der Waals surface area contributed by atoms with Crippen molar-refractivity contribution in [2.45, 2.75) is 19.3 Å². The Labute approximate surface area is 120 Å². The predicted octanol–water partition coefficient (Wildman–Crippen LogP) is 2.07. The number of likely N-dealkylation sites (N-methyl/N-ethyl adjacent to an activating group) is 1. The highest BCUT2D eigenvalue weighted by Crippen LogP contribution is 2.19. The normalized spacial score (nSPS) is 16.5. The van der Waals surface area contributed by atoms with E-state index in [9.17, 15) is 10.1 Å². The molecular formula is C15H23N3O2. The molecule has 0 saturated carbocycles. The molecule has 20 heavy (non-hydrogen) atoms. The van der Waals surface area contributed by atoms with Gasteiger partial charge in [-0.05, 0) is 45.3 Å². The summed E-state index contributed by atoms with van der Waals surface area (Å²) in [5, 5.41) is 14.3. The van der Waals surface area contributed by atoms with Gasteiger partial charge in [0, 0.05) is 24.7 Å². The van der Waals surface area contributed by atoms with Gasteiger partial charge in [-0.15, -0.1) is 0 Å². The van der Waals surface area contributed by atoms with E-state index in [4.69, 9.17) is 0 Å². The summed E-state index contributed by atoms with van der Waals surface area (Å²) in [6.45, 7) is 4.18. The second kappa shape index (κ2) is 7.36. The SMILES string of the molecule is CN(CCc1ccccc1[N+](=O)[O-])CC1CCNCC1. The molecule has 5 nitrogen and oxygen atoms in total. The molecule has 2 rings (SSSR count). The summed E-state index contributed by atoms with van der Waals surface area (Å²) in [6.07, 6.45) is 3.20.